The van der Waals surface area contributed by atoms with Crippen LogP contribution in [0, 0.1) is 0 Å². The molecular formula is C55H64ClN11O9. The molecule has 1 saturated heterocycles. The number of hydrogen-bond acceptors (Lipinski definition) is 11. The number of likely N-dealkylation sites (tertiary alicyclic amines) is 1. The molecule has 0 saturated carbocycles. The van der Waals surface area contributed by atoms with Gasteiger partial charge in [-0.05, 0) is 104 Å². The van der Waals surface area contributed by atoms with Crippen LogP contribution in [0.15, 0.2) is 116 Å². The number of aromatic nitrogens is 2. The third-order valence-corrected chi connectivity index (χ3v) is 13.1. The van der Waals surface area contributed by atoms with Gasteiger partial charge in [0.15, 0.2) is 0 Å². The third kappa shape index (κ3) is 16.9. The lowest BCUT2D eigenvalue weighted by atomic mass is 9.99. The molecule has 1 fully saturated rings. The molecule has 0 spiro atoms. The summed E-state index contributed by atoms with van der Waals surface area (Å²) in [5.41, 5.74) is 7.54. The van der Waals surface area contributed by atoms with E-state index in [2.05, 4.69) is 47.2 Å². The van der Waals surface area contributed by atoms with Gasteiger partial charge in [-0.3, -0.25) is 53.1 Å². The summed E-state index contributed by atoms with van der Waals surface area (Å²) >= 11 is 6.19. The molecule has 9 N–H and O–H groups in total. The van der Waals surface area contributed by atoms with E-state index >= 15 is 0 Å². The topological polar surface area (TPSA) is 293 Å². The fourth-order valence-electron chi connectivity index (χ4n) is 8.70. The second kappa shape index (κ2) is 27.9. The number of fused-ring (bicyclic) bond motifs is 1. The first-order valence-corrected chi connectivity index (χ1v) is 25.5. The summed E-state index contributed by atoms with van der Waals surface area (Å²) in [5, 5.41) is 21.5. The standard InChI is InChI=1S/C55H64ClN11O9/c1-33(48(57)69)61-54(75)47-17-11-27-67(47)55(76)43(16-7-9-26-60-50(71)40-14-10-24-58-32-40)64-49(70)34(2)62-51(72)46(31-42-15-6-8-25-59-42)66-53(74)45(29-36-19-22-41(56)23-20-36)65-52(73)44(63-35(3)68)30-37-18-21-38-12-4-5-13-39(38)28-37/h4-6,8,10,12-15,18-25,28,32-34,43-47H,7,9,11,16-17,26-27,29-31H2,1-3H3,(H2,57,69)(H,60,71)(H,61,75)(H,62,72)(H,63,68)(H,64,70)(H,65,73)(H,66,74)/t33-,34-,43+,44-,45-,46-,47+/m1/s1. The number of halogens is 1. The van der Waals surface area contributed by atoms with Crippen molar-refractivity contribution < 1.29 is 43.2 Å². The molecule has 3 aromatic carbocycles. The van der Waals surface area contributed by atoms with Gasteiger partial charge in [-0.15, -0.1) is 0 Å². The lowest BCUT2D eigenvalue weighted by Crippen LogP contribution is -2.60. The smallest absolute Gasteiger partial charge is 0.252 e. The number of carbonyl (C=O) groups excluding carboxylic acids is 9. The van der Waals surface area contributed by atoms with Crippen LogP contribution in [0.3, 0.4) is 0 Å². The fourth-order valence-corrected chi connectivity index (χ4v) is 8.82. The molecule has 1 aliphatic heterocycles. The van der Waals surface area contributed by atoms with Crippen molar-refractivity contribution >= 4 is 75.5 Å². The second-order valence-electron chi connectivity index (χ2n) is 18.7. The van der Waals surface area contributed by atoms with E-state index in [1.807, 2.05) is 42.5 Å². The molecule has 5 aromatic rings. The molecule has 6 rings (SSSR count). The van der Waals surface area contributed by atoms with Crippen LogP contribution in [0.25, 0.3) is 10.8 Å². The summed E-state index contributed by atoms with van der Waals surface area (Å²) in [6, 6.07) is 20.2. The van der Waals surface area contributed by atoms with E-state index in [0.29, 0.717) is 47.5 Å². The fraction of sp³-hybridized carbons (Fsp3) is 0.364. The van der Waals surface area contributed by atoms with Crippen LogP contribution in [0.2, 0.25) is 5.02 Å². The van der Waals surface area contributed by atoms with E-state index in [-0.39, 0.29) is 44.7 Å². The van der Waals surface area contributed by atoms with Crippen molar-refractivity contribution in [1.82, 2.24) is 52.1 Å². The van der Waals surface area contributed by atoms with Crippen LogP contribution in [-0.2, 0) is 57.6 Å². The first-order valence-electron chi connectivity index (χ1n) is 25.1. The van der Waals surface area contributed by atoms with Crippen molar-refractivity contribution in [1.29, 1.82) is 0 Å². The summed E-state index contributed by atoms with van der Waals surface area (Å²) < 4.78 is 0. The Kier molecular flexibility index (Phi) is 20.9. The molecule has 0 aliphatic carbocycles. The Morgan fingerprint density at radius 3 is 1.97 bits per heavy atom. The lowest BCUT2D eigenvalue weighted by Gasteiger charge is -2.30. The van der Waals surface area contributed by atoms with E-state index in [4.69, 9.17) is 17.3 Å². The monoisotopic (exact) mass is 1060 g/mol. The molecule has 400 valence electrons. The van der Waals surface area contributed by atoms with Gasteiger partial charge in [-0.25, -0.2) is 0 Å². The third-order valence-electron chi connectivity index (χ3n) is 12.8. The summed E-state index contributed by atoms with van der Waals surface area (Å²) in [5.74, 6) is -5.68. The molecule has 7 atom stereocenters. The largest absolute Gasteiger partial charge is 0.368 e. The molecule has 2 aromatic heterocycles. The van der Waals surface area contributed by atoms with Crippen molar-refractivity contribution in [2.24, 2.45) is 5.73 Å². The van der Waals surface area contributed by atoms with Crippen LogP contribution in [0.5, 0.6) is 0 Å². The second-order valence-corrected chi connectivity index (χ2v) is 19.2. The average Bonchev–Trinajstić information content (AvgIpc) is 3.91. The summed E-state index contributed by atoms with van der Waals surface area (Å²) in [4.78, 5) is 131. The van der Waals surface area contributed by atoms with Gasteiger partial charge in [0.25, 0.3) is 5.91 Å². The van der Waals surface area contributed by atoms with E-state index in [0.717, 1.165) is 16.3 Å². The Bertz CT molecular complexity index is 2860. The normalized spacial score (nSPS) is 15.4. The zero-order chi connectivity index (χ0) is 54.7. The van der Waals surface area contributed by atoms with Gasteiger partial charge in [0.05, 0.1) is 5.56 Å². The number of amides is 9. The Balaban J connectivity index is 1.19. The molecule has 21 heteroatoms. The van der Waals surface area contributed by atoms with E-state index in [1.54, 1.807) is 60.8 Å². The maximum atomic E-state index is 14.6. The number of hydrogen-bond donors (Lipinski definition) is 8. The highest BCUT2D eigenvalue weighted by Crippen LogP contribution is 2.21. The quantitative estimate of drug-likeness (QED) is 0.0393. The van der Waals surface area contributed by atoms with Crippen LogP contribution >= 0.6 is 11.6 Å². The van der Waals surface area contributed by atoms with Crippen molar-refractivity contribution in [2.75, 3.05) is 13.1 Å². The molecular weight excluding hydrogens is 994 g/mol. The summed E-state index contributed by atoms with van der Waals surface area (Å²) in [7, 11) is 0. The molecule has 3 heterocycles. The Hall–Kier alpha value is -8.26. The number of nitrogens with zero attached hydrogens (tertiary/aromatic N) is 3. The molecule has 0 bridgehead atoms. The van der Waals surface area contributed by atoms with Gasteiger partial charge < -0.3 is 47.9 Å². The maximum Gasteiger partial charge on any atom is 0.252 e. The number of primary amides is 1. The van der Waals surface area contributed by atoms with Gasteiger partial charge in [0, 0.05) is 68.6 Å². The highest BCUT2D eigenvalue weighted by atomic mass is 35.5. The summed E-state index contributed by atoms with van der Waals surface area (Å²) in [6.45, 7) is 4.55. The van der Waals surface area contributed by atoms with E-state index in [9.17, 15) is 43.2 Å². The number of carbonyl (C=O) groups is 9. The zero-order valence-electron chi connectivity index (χ0n) is 42.6. The minimum Gasteiger partial charge on any atom is -0.368 e. The number of unbranched alkanes of at least 4 members (excludes halogenated alkanes) is 1. The maximum absolute atomic E-state index is 14.6. The minimum absolute atomic E-state index is 0.0513. The van der Waals surface area contributed by atoms with Gasteiger partial charge in [0.2, 0.25) is 47.3 Å². The number of nitrogens with one attached hydrogen (secondary N) is 7. The van der Waals surface area contributed by atoms with Crippen LogP contribution in [-0.4, -0.2) is 123 Å². The number of rotatable bonds is 25. The van der Waals surface area contributed by atoms with Gasteiger partial charge in [-0.2, -0.15) is 0 Å². The highest BCUT2D eigenvalue weighted by Gasteiger charge is 2.39. The van der Waals surface area contributed by atoms with Crippen molar-refractivity contribution in [3.8, 4) is 0 Å². The first kappa shape index (κ1) is 57.0. The minimum atomic E-state index is -1.36. The van der Waals surface area contributed by atoms with Gasteiger partial charge in [-0.1, -0.05) is 72.3 Å². The number of benzene rings is 3. The van der Waals surface area contributed by atoms with Crippen LogP contribution < -0.4 is 43.0 Å². The number of nitrogens with two attached hydrogens (primary N) is 1. The first-order chi connectivity index (χ1) is 36.4. The zero-order valence-corrected chi connectivity index (χ0v) is 43.3. The van der Waals surface area contributed by atoms with Crippen LogP contribution in [0.1, 0.15) is 80.1 Å². The van der Waals surface area contributed by atoms with Crippen molar-refractivity contribution in [2.45, 2.75) is 114 Å². The van der Waals surface area contributed by atoms with Gasteiger partial charge >= 0.3 is 0 Å². The number of pyridine rings is 2. The molecule has 20 nitrogen and oxygen atoms in total. The van der Waals surface area contributed by atoms with Crippen LogP contribution in [0.4, 0.5) is 0 Å². The van der Waals surface area contributed by atoms with Crippen molar-refractivity contribution in [3.63, 3.8) is 0 Å². The predicted molar refractivity (Wildman–Crippen MR) is 284 cm³/mol. The Morgan fingerprint density at radius 1 is 0.658 bits per heavy atom. The van der Waals surface area contributed by atoms with E-state index < -0.39 is 89.6 Å². The molecule has 0 radical (unpaired) electrons. The van der Waals surface area contributed by atoms with E-state index in [1.165, 1.54) is 38.1 Å². The summed E-state index contributed by atoms with van der Waals surface area (Å²) in [6.07, 6.45) is 6.00. The SMILES string of the molecule is CC(=O)N[C@H](Cc1ccc2ccccc2c1)C(=O)N[C@H](Cc1ccc(Cl)cc1)C(=O)N[C@H](Cc1ccccn1)C(=O)N[C@H](C)C(=O)N[C@@H](CCCCNC(=O)c1cccnc1)C(=O)N1CCC[C@H]1C(=O)N[C@H](C)C(N)=O. The van der Waals surface area contributed by atoms with Gasteiger partial charge in [0.1, 0.15) is 42.3 Å². The Morgan fingerprint density at radius 2 is 1.30 bits per heavy atom. The average molecular weight is 1060 g/mol. The highest BCUT2D eigenvalue weighted by molar-refractivity contribution is 6.30. The Labute approximate surface area is 445 Å². The molecule has 9 amide bonds. The lowest BCUT2D eigenvalue weighted by molar-refractivity contribution is -0.142. The predicted octanol–water partition coefficient (Wildman–Crippen LogP) is 2.36. The molecule has 76 heavy (non-hydrogen) atoms. The molecule has 1 aliphatic rings. The molecule has 0 unspecified atom stereocenters. The van der Waals surface area contributed by atoms with Crippen molar-refractivity contribution in [3.05, 3.63) is 143 Å².